The molecule has 150 valence electrons. The molecular formula is C22H19FN6O. The van der Waals surface area contributed by atoms with Gasteiger partial charge >= 0.3 is 0 Å². The van der Waals surface area contributed by atoms with E-state index in [1.165, 1.54) is 16.9 Å². The van der Waals surface area contributed by atoms with Crippen LogP contribution in [0.25, 0.3) is 17.2 Å². The van der Waals surface area contributed by atoms with Crippen LogP contribution in [0.5, 0.6) is 0 Å². The quantitative estimate of drug-likeness (QED) is 0.536. The highest BCUT2D eigenvalue weighted by molar-refractivity contribution is 5.95. The first kappa shape index (κ1) is 19.4. The van der Waals surface area contributed by atoms with Crippen molar-refractivity contribution in [2.24, 2.45) is 0 Å². The van der Waals surface area contributed by atoms with Gasteiger partial charge in [-0.25, -0.2) is 19.0 Å². The number of rotatable bonds is 6. The number of pyridine rings is 1. The maximum Gasteiger partial charge on any atom is 0.254 e. The van der Waals surface area contributed by atoms with E-state index in [9.17, 15) is 9.18 Å². The molecule has 0 aliphatic heterocycles. The van der Waals surface area contributed by atoms with Gasteiger partial charge in [-0.15, -0.1) is 0 Å². The zero-order chi connectivity index (χ0) is 20.9. The first-order valence-corrected chi connectivity index (χ1v) is 9.43. The fraction of sp³-hybridized carbons (Fsp3) is 0.136. The third-order valence-electron chi connectivity index (χ3n) is 4.69. The molecule has 3 aromatic heterocycles. The van der Waals surface area contributed by atoms with E-state index in [1.54, 1.807) is 49.8 Å². The normalized spacial score (nSPS) is 10.7. The number of amides is 1. The van der Waals surface area contributed by atoms with E-state index in [-0.39, 0.29) is 17.7 Å². The summed E-state index contributed by atoms with van der Waals surface area (Å²) in [6, 6.07) is 11.9. The lowest BCUT2D eigenvalue weighted by atomic mass is 10.1. The molecule has 0 aliphatic carbocycles. The predicted molar refractivity (Wildman–Crippen MR) is 110 cm³/mol. The van der Waals surface area contributed by atoms with Crippen molar-refractivity contribution in [3.05, 3.63) is 89.9 Å². The molecule has 4 rings (SSSR count). The average molecular weight is 402 g/mol. The lowest BCUT2D eigenvalue weighted by Gasteiger charge is -2.07. The molecule has 8 heteroatoms. The molecule has 0 spiro atoms. The van der Waals surface area contributed by atoms with Crippen molar-refractivity contribution >= 4 is 5.91 Å². The Morgan fingerprint density at radius 3 is 2.70 bits per heavy atom. The Bertz CT molecular complexity index is 1180. The molecule has 1 N–H and O–H groups in total. The molecule has 1 amide bonds. The number of hydrogen-bond acceptors (Lipinski definition) is 5. The van der Waals surface area contributed by atoms with Crippen molar-refractivity contribution in [1.29, 1.82) is 0 Å². The molecule has 0 bridgehead atoms. The van der Waals surface area contributed by atoms with Gasteiger partial charge < -0.3 is 5.32 Å². The third-order valence-corrected chi connectivity index (χ3v) is 4.69. The van der Waals surface area contributed by atoms with Crippen molar-refractivity contribution in [2.75, 3.05) is 6.54 Å². The average Bonchev–Trinajstić information content (AvgIpc) is 3.16. The third kappa shape index (κ3) is 4.07. The van der Waals surface area contributed by atoms with Crippen LogP contribution in [0.1, 0.15) is 21.6 Å². The molecule has 4 aromatic rings. The van der Waals surface area contributed by atoms with E-state index in [4.69, 9.17) is 0 Å². The van der Waals surface area contributed by atoms with E-state index < -0.39 is 0 Å². The smallest absolute Gasteiger partial charge is 0.254 e. The van der Waals surface area contributed by atoms with Gasteiger partial charge in [-0.2, -0.15) is 5.10 Å². The number of halogens is 1. The van der Waals surface area contributed by atoms with Gasteiger partial charge in [-0.1, -0.05) is 12.1 Å². The Labute approximate surface area is 172 Å². The number of carbonyl (C=O) groups excluding carboxylic acids is 1. The highest BCUT2D eigenvalue weighted by Crippen LogP contribution is 2.21. The van der Waals surface area contributed by atoms with Crippen LogP contribution in [0, 0.1) is 12.7 Å². The largest absolute Gasteiger partial charge is 0.352 e. The Kier molecular flexibility index (Phi) is 5.56. The molecule has 30 heavy (non-hydrogen) atoms. The molecule has 0 unspecified atom stereocenters. The Morgan fingerprint density at radius 1 is 1.10 bits per heavy atom. The van der Waals surface area contributed by atoms with Crippen molar-refractivity contribution < 1.29 is 9.18 Å². The SMILES string of the molecule is Cc1c(C(=O)NCCc2ccncc2)cnn1-c1nccc(-c2ccccc2F)n1. The number of nitrogens with zero attached hydrogens (tertiary/aromatic N) is 5. The van der Waals surface area contributed by atoms with Gasteiger partial charge in [0.05, 0.1) is 23.1 Å². The highest BCUT2D eigenvalue weighted by atomic mass is 19.1. The Balaban J connectivity index is 1.51. The Hall–Kier alpha value is -3.94. The molecule has 0 saturated heterocycles. The van der Waals surface area contributed by atoms with Crippen molar-refractivity contribution in [3.8, 4) is 17.2 Å². The van der Waals surface area contributed by atoms with Crippen LogP contribution in [0.4, 0.5) is 4.39 Å². The maximum absolute atomic E-state index is 14.1. The molecule has 1 aromatic carbocycles. The number of hydrogen-bond donors (Lipinski definition) is 1. The molecule has 0 atom stereocenters. The van der Waals surface area contributed by atoms with Gasteiger partial charge in [0.1, 0.15) is 5.82 Å². The minimum atomic E-state index is -0.367. The molecule has 3 heterocycles. The second-order valence-electron chi connectivity index (χ2n) is 6.64. The summed E-state index contributed by atoms with van der Waals surface area (Å²) in [4.78, 5) is 25.2. The van der Waals surface area contributed by atoms with Gasteiger partial charge in [0.2, 0.25) is 0 Å². The molecule has 0 fully saturated rings. The summed E-state index contributed by atoms with van der Waals surface area (Å²) in [7, 11) is 0. The summed E-state index contributed by atoms with van der Waals surface area (Å²) < 4.78 is 15.6. The first-order valence-electron chi connectivity index (χ1n) is 9.43. The summed E-state index contributed by atoms with van der Waals surface area (Å²) in [5, 5.41) is 7.15. The number of benzene rings is 1. The Morgan fingerprint density at radius 2 is 1.90 bits per heavy atom. The fourth-order valence-electron chi connectivity index (χ4n) is 3.07. The zero-order valence-corrected chi connectivity index (χ0v) is 16.3. The number of nitrogens with one attached hydrogen (secondary N) is 1. The van der Waals surface area contributed by atoms with Gasteiger partial charge in [0.15, 0.2) is 0 Å². The second kappa shape index (κ2) is 8.60. The van der Waals surface area contributed by atoms with Crippen LogP contribution >= 0.6 is 0 Å². The minimum Gasteiger partial charge on any atom is -0.352 e. The summed E-state index contributed by atoms with van der Waals surface area (Å²) in [5.74, 6) is -0.323. The van der Waals surface area contributed by atoms with E-state index in [1.807, 2.05) is 12.1 Å². The van der Waals surface area contributed by atoms with E-state index in [2.05, 4.69) is 25.4 Å². The van der Waals surface area contributed by atoms with Crippen LogP contribution in [0.3, 0.4) is 0 Å². The molecular weight excluding hydrogens is 383 g/mol. The van der Waals surface area contributed by atoms with Crippen LogP contribution in [-0.4, -0.2) is 37.2 Å². The van der Waals surface area contributed by atoms with Crippen molar-refractivity contribution in [2.45, 2.75) is 13.3 Å². The highest BCUT2D eigenvalue weighted by Gasteiger charge is 2.17. The first-order chi connectivity index (χ1) is 14.6. The molecule has 0 radical (unpaired) electrons. The van der Waals surface area contributed by atoms with E-state index in [0.717, 1.165) is 5.56 Å². The van der Waals surface area contributed by atoms with Crippen LogP contribution < -0.4 is 5.32 Å². The zero-order valence-electron chi connectivity index (χ0n) is 16.3. The van der Waals surface area contributed by atoms with Crippen molar-refractivity contribution in [1.82, 2.24) is 30.0 Å². The number of carbonyl (C=O) groups is 1. The van der Waals surface area contributed by atoms with Crippen LogP contribution in [0.2, 0.25) is 0 Å². The van der Waals surface area contributed by atoms with Gasteiger partial charge in [-0.05, 0) is 49.2 Å². The van der Waals surface area contributed by atoms with Crippen LogP contribution in [0.15, 0.2) is 67.3 Å². The summed E-state index contributed by atoms with van der Waals surface area (Å²) >= 11 is 0. The molecule has 0 aliphatic rings. The molecule has 7 nitrogen and oxygen atoms in total. The van der Waals surface area contributed by atoms with E-state index >= 15 is 0 Å². The van der Waals surface area contributed by atoms with E-state index in [0.29, 0.717) is 35.5 Å². The fourth-order valence-corrected chi connectivity index (χ4v) is 3.07. The second-order valence-corrected chi connectivity index (χ2v) is 6.64. The standard InChI is InChI=1S/C22H19FN6O/c1-15-18(21(30)25-12-8-16-6-10-24-11-7-16)14-27-29(15)22-26-13-9-20(28-22)17-4-2-3-5-19(17)23/h2-7,9-11,13-14H,8,12H2,1H3,(H,25,30). The summed E-state index contributed by atoms with van der Waals surface area (Å²) in [6.07, 6.45) is 7.17. The predicted octanol–water partition coefficient (Wildman–Crippen LogP) is 3.14. The topological polar surface area (TPSA) is 85.6 Å². The number of aromatic nitrogens is 5. The van der Waals surface area contributed by atoms with Gasteiger partial charge in [-0.3, -0.25) is 9.78 Å². The van der Waals surface area contributed by atoms with Gasteiger partial charge in [0, 0.05) is 30.7 Å². The van der Waals surface area contributed by atoms with Crippen LogP contribution in [-0.2, 0) is 6.42 Å². The monoisotopic (exact) mass is 402 g/mol. The minimum absolute atomic E-state index is 0.224. The molecule has 0 saturated carbocycles. The lowest BCUT2D eigenvalue weighted by molar-refractivity contribution is 0.0953. The van der Waals surface area contributed by atoms with Crippen molar-refractivity contribution in [3.63, 3.8) is 0 Å². The maximum atomic E-state index is 14.1. The summed E-state index contributed by atoms with van der Waals surface area (Å²) in [6.45, 7) is 2.26. The van der Waals surface area contributed by atoms with Gasteiger partial charge in [0.25, 0.3) is 11.9 Å². The lowest BCUT2D eigenvalue weighted by Crippen LogP contribution is -2.26. The summed E-state index contributed by atoms with van der Waals surface area (Å²) in [5.41, 5.74) is 2.94.